The van der Waals surface area contributed by atoms with Crippen molar-refractivity contribution in [1.82, 2.24) is 9.97 Å². The SMILES string of the molecule is Cc1nc(Cl)c(Oc2cc(Br)cc([N+](=O)[O-])c2)nc1C. The molecule has 20 heavy (non-hydrogen) atoms. The third kappa shape index (κ3) is 3.23. The molecule has 0 spiro atoms. The molecular weight excluding hydrogens is 350 g/mol. The average molecular weight is 359 g/mol. The number of ether oxygens (including phenoxy) is 1. The minimum atomic E-state index is -0.509. The highest BCUT2D eigenvalue weighted by Gasteiger charge is 2.13. The highest BCUT2D eigenvalue weighted by atomic mass is 79.9. The Morgan fingerprint density at radius 1 is 1.25 bits per heavy atom. The van der Waals surface area contributed by atoms with Crippen LogP contribution in [0.15, 0.2) is 22.7 Å². The second kappa shape index (κ2) is 5.72. The van der Waals surface area contributed by atoms with Crippen molar-refractivity contribution in [3.8, 4) is 11.6 Å². The molecule has 0 aliphatic carbocycles. The number of aryl methyl sites for hydroxylation is 2. The van der Waals surface area contributed by atoms with Gasteiger partial charge in [0.25, 0.3) is 11.6 Å². The number of rotatable bonds is 3. The molecule has 0 aliphatic rings. The van der Waals surface area contributed by atoms with Crippen molar-refractivity contribution in [1.29, 1.82) is 0 Å². The van der Waals surface area contributed by atoms with Crippen LogP contribution in [0.4, 0.5) is 5.69 Å². The predicted molar refractivity (Wildman–Crippen MR) is 77.4 cm³/mol. The van der Waals surface area contributed by atoms with E-state index in [9.17, 15) is 10.1 Å². The molecule has 0 unspecified atom stereocenters. The van der Waals surface area contributed by atoms with Crippen molar-refractivity contribution < 1.29 is 9.66 Å². The van der Waals surface area contributed by atoms with Crippen LogP contribution in [0.2, 0.25) is 5.15 Å². The second-order valence-electron chi connectivity index (χ2n) is 3.99. The van der Waals surface area contributed by atoms with E-state index < -0.39 is 4.92 Å². The van der Waals surface area contributed by atoms with Gasteiger partial charge >= 0.3 is 0 Å². The Bertz CT molecular complexity index is 694. The van der Waals surface area contributed by atoms with Crippen LogP contribution in [0.1, 0.15) is 11.4 Å². The van der Waals surface area contributed by atoms with Crippen molar-refractivity contribution in [2.24, 2.45) is 0 Å². The summed E-state index contributed by atoms with van der Waals surface area (Å²) in [5, 5.41) is 10.9. The van der Waals surface area contributed by atoms with Crippen LogP contribution in [-0.4, -0.2) is 14.9 Å². The number of benzene rings is 1. The summed E-state index contributed by atoms with van der Waals surface area (Å²) in [5.74, 6) is 0.368. The van der Waals surface area contributed by atoms with Crippen LogP contribution in [0, 0.1) is 24.0 Å². The van der Waals surface area contributed by atoms with E-state index >= 15 is 0 Å². The minimum Gasteiger partial charge on any atom is -0.436 e. The van der Waals surface area contributed by atoms with Gasteiger partial charge in [-0.25, -0.2) is 9.97 Å². The molecule has 0 atom stereocenters. The van der Waals surface area contributed by atoms with Crippen LogP contribution in [0.25, 0.3) is 0 Å². The third-order valence-corrected chi connectivity index (χ3v) is 3.22. The molecule has 0 amide bonds. The van der Waals surface area contributed by atoms with Crippen LogP contribution in [-0.2, 0) is 0 Å². The maximum absolute atomic E-state index is 10.8. The van der Waals surface area contributed by atoms with E-state index in [0.29, 0.717) is 15.9 Å². The minimum absolute atomic E-state index is 0.0951. The quantitative estimate of drug-likeness (QED) is 0.606. The Balaban J connectivity index is 2.40. The van der Waals surface area contributed by atoms with Gasteiger partial charge in [0.2, 0.25) is 0 Å². The Hall–Kier alpha value is -1.73. The fraction of sp³-hybridized carbons (Fsp3) is 0.167. The van der Waals surface area contributed by atoms with E-state index in [2.05, 4.69) is 25.9 Å². The summed E-state index contributed by atoms with van der Waals surface area (Å²) in [4.78, 5) is 18.5. The summed E-state index contributed by atoms with van der Waals surface area (Å²) in [5.41, 5.74) is 1.28. The number of nitro groups is 1. The van der Waals surface area contributed by atoms with E-state index in [-0.39, 0.29) is 22.5 Å². The predicted octanol–water partition coefficient (Wildman–Crippen LogP) is 4.21. The van der Waals surface area contributed by atoms with E-state index in [1.165, 1.54) is 12.1 Å². The van der Waals surface area contributed by atoms with Gasteiger partial charge < -0.3 is 4.74 Å². The van der Waals surface area contributed by atoms with Crippen molar-refractivity contribution in [2.75, 3.05) is 0 Å². The fourth-order valence-electron chi connectivity index (χ4n) is 1.44. The molecule has 0 aliphatic heterocycles. The molecule has 1 aromatic heterocycles. The molecule has 0 saturated heterocycles. The van der Waals surface area contributed by atoms with Crippen molar-refractivity contribution in [3.63, 3.8) is 0 Å². The normalized spacial score (nSPS) is 10.4. The number of hydrogen-bond acceptors (Lipinski definition) is 5. The van der Waals surface area contributed by atoms with Gasteiger partial charge in [-0.05, 0) is 19.9 Å². The Labute approximate surface area is 128 Å². The summed E-state index contributed by atoms with van der Waals surface area (Å²) in [6.07, 6.45) is 0. The van der Waals surface area contributed by atoms with Crippen LogP contribution < -0.4 is 4.74 Å². The van der Waals surface area contributed by atoms with E-state index in [1.54, 1.807) is 19.9 Å². The van der Waals surface area contributed by atoms with Gasteiger partial charge in [-0.1, -0.05) is 27.5 Å². The summed E-state index contributed by atoms with van der Waals surface area (Å²) in [6, 6.07) is 4.25. The molecule has 0 saturated carbocycles. The second-order valence-corrected chi connectivity index (χ2v) is 5.27. The Kier molecular flexibility index (Phi) is 4.20. The molecule has 104 valence electrons. The van der Waals surface area contributed by atoms with Crippen LogP contribution in [0.5, 0.6) is 11.6 Å². The average Bonchev–Trinajstić information content (AvgIpc) is 2.35. The highest BCUT2D eigenvalue weighted by molar-refractivity contribution is 9.10. The molecular formula is C12H9BrClN3O3. The zero-order valence-corrected chi connectivity index (χ0v) is 12.9. The molecule has 0 radical (unpaired) electrons. The number of nitro benzene ring substituents is 1. The van der Waals surface area contributed by atoms with Crippen molar-refractivity contribution >= 4 is 33.2 Å². The maximum Gasteiger partial charge on any atom is 0.274 e. The van der Waals surface area contributed by atoms with E-state index in [4.69, 9.17) is 16.3 Å². The summed E-state index contributed by atoms with van der Waals surface area (Å²) in [7, 11) is 0. The molecule has 1 aromatic carbocycles. The van der Waals surface area contributed by atoms with Crippen LogP contribution in [0.3, 0.4) is 0 Å². The monoisotopic (exact) mass is 357 g/mol. The number of hydrogen-bond donors (Lipinski definition) is 0. The molecule has 0 fully saturated rings. The van der Waals surface area contributed by atoms with Gasteiger partial charge in [-0.15, -0.1) is 0 Å². The summed E-state index contributed by atoms with van der Waals surface area (Å²) < 4.78 is 6.00. The number of nitrogens with zero attached hydrogens (tertiary/aromatic N) is 3. The third-order valence-electron chi connectivity index (χ3n) is 2.52. The zero-order chi connectivity index (χ0) is 14.9. The lowest BCUT2D eigenvalue weighted by Gasteiger charge is -2.08. The maximum atomic E-state index is 10.8. The van der Waals surface area contributed by atoms with Gasteiger partial charge in [0.1, 0.15) is 5.75 Å². The van der Waals surface area contributed by atoms with Gasteiger partial charge in [0.05, 0.1) is 22.4 Å². The fourth-order valence-corrected chi connectivity index (χ4v) is 2.11. The zero-order valence-electron chi connectivity index (χ0n) is 10.6. The summed E-state index contributed by atoms with van der Waals surface area (Å²) >= 11 is 9.14. The van der Waals surface area contributed by atoms with Gasteiger partial charge in [-0.2, -0.15) is 0 Å². The van der Waals surface area contributed by atoms with Crippen LogP contribution >= 0.6 is 27.5 Å². The first kappa shape index (κ1) is 14.7. The molecule has 1 heterocycles. The largest absolute Gasteiger partial charge is 0.436 e. The highest BCUT2D eigenvalue weighted by Crippen LogP contribution is 2.31. The van der Waals surface area contributed by atoms with E-state index in [0.717, 1.165) is 0 Å². The first-order valence-corrected chi connectivity index (χ1v) is 6.67. The molecule has 2 rings (SSSR count). The standard InChI is InChI=1S/C12H9BrClN3O3/c1-6-7(2)16-12(11(14)15-6)20-10-4-8(13)3-9(5-10)17(18)19/h3-5H,1-2H3. The lowest BCUT2D eigenvalue weighted by atomic mass is 10.3. The lowest BCUT2D eigenvalue weighted by molar-refractivity contribution is -0.385. The van der Waals surface area contributed by atoms with Gasteiger partial charge in [0, 0.05) is 10.5 Å². The molecule has 6 nitrogen and oxygen atoms in total. The smallest absolute Gasteiger partial charge is 0.274 e. The topological polar surface area (TPSA) is 78.2 Å². The first-order valence-electron chi connectivity index (χ1n) is 5.50. The number of aromatic nitrogens is 2. The molecule has 2 aromatic rings. The molecule has 8 heteroatoms. The van der Waals surface area contributed by atoms with E-state index in [1.807, 2.05) is 0 Å². The Morgan fingerprint density at radius 2 is 1.90 bits per heavy atom. The summed E-state index contributed by atoms with van der Waals surface area (Å²) in [6.45, 7) is 3.55. The van der Waals surface area contributed by atoms with Crippen molar-refractivity contribution in [2.45, 2.75) is 13.8 Å². The molecule has 0 bridgehead atoms. The lowest BCUT2D eigenvalue weighted by Crippen LogP contribution is -1.98. The number of halogens is 2. The first-order chi connectivity index (χ1) is 9.36. The van der Waals surface area contributed by atoms with Gasteiger partial charge in [0.15, 0.2) is 5.15 Å². The molecule has 0 N–H and O–H groups in total. The number of non-ortho nitro benzene ring substituents is 1. The van der Waals surface area contributed by atoms with Gasteiger partial charge in [-0.3, -0.25) is 10.1 Å². The Morgan fingerprint density at radius 3 is 2.55 bits per heavy atom. The van der Waals surface area contributed by atoms with Crippen molar-refractivity contribution in [3.05, 3.63) is 49.3 Å².